The van der Waals surface area contributed by atoms with E-state index >= 15 is 0 Å². The molecule has 0 fully saturated rings. The molecule has 0 amide bonds. The Labute approximate surface area is 137 Å². The molecule has 2 unspecified atom stereocenters. The Hall–Kier alpha value is -1.85. The number of unbranched alkanes of at least 4 members (excludes halogenated alkanes) is 2. The number of nitrogens with one attached hydrogen (secondary N) is 2. The number of hydrogen-bond donors (Lipinski definition) is 3. The summed E-state index contributed by atoms with van der Waals surface area (Å²) in [6.07, 6.45) is 6.58. The van der Waals surface area contributed by atoms with Crippen LogP contribution in [0.5, 0.6) is 5.75 Å². The van der Waals surface area contributed by atoms with Gasteiger partial charge in [0, 0.05) is 36.1 Å². The molecule has 0 aliphatic heterocycles. The molecular formula is C18H25N2O3. The molecule has 0 saturated carbocycles. The number of hydrogen-bond acceptors (Lipinski definition) is 4. The summed E-state index contributed by atoms with van der Waals surface area (Å²) in [7, 11) is 0. The standard InChI is InChI=1S/C18H25N2O3/c1-14(6-3-2-4-11-21)20-12-15(22)13-23-18-8-5-7-17-16(18)9-10-19-17/h5,7-10,14-15,19-20,22H,2-4,6,12-13H2,1H3. The molecule has 2 atom stereocenters. The molecule has 5 heteroatoms. The van der Waals surface area contributed by atoms with Gasteiger partial charge in [-0.2, -0.15) is 0 Å². The summed E-state index contributed by atoms with van der Waals surface area (Å²) in [4.78, 5) is 13.3. The Morgan fingerprint density at radius 2 is 2.22 bits per heavy atom. The van der Waals surface area contributed by atoms with Crippen molar-refractivity contribution in [2.45, 2.75) is 44.8 Å². The van der Waals surface area contributed by atoms with Crippen molar-refractivity contribution in [3.8, 4) is 5.75 Å². The van der Waals surface area contributed by atoms with E-state index in [1.807, 2.05) is 36.7 Å². The van der Waals surface area contributed by atoms with Gasteiger partial charge in [-0.25, -0.2) is 0 Å². The molecule has 2 rings (SSSR count). The van der Waals surface area contributed by atoms with Gasteiger partial charge in [-0.05, 0) is 38.0 Å². The fourth-order valence-electron chi connectivity index (χ4n) is 2.51. The first-order valence-electron chi connectivity index (χ1n) is 8.16. The van der Waals surface area contributed by atoms with E-state index in [-0.39, 0.29) is 6.61 Å². The third kappa shape index (κ3) is 5.69. The Kier molecular flexibility index (Phi) is 7.10. The highest BCUT2D eigenvalue weighted by Crippen LogP contribution is 2.24. The molecular weight excluding hydrogens is 292 g/mol. The lowest BCUT2D eigenvalue weighted by molar-refractivity contribution is 0.104. The summed E-state index contributed by atoms with van der Waals surface area (Å²) < 4.78 is 5.73. The minimum absolute atomic E-state index is 0.254. The third-order valence-corrected chi connectivity index (χ3v) is 3.85. The van der Waals surface area contributed by atoms with Crippen LogP contribution in [0, 0.1) is 0 Å². The maximum atomic E-state index is 10.1. The Morgan fingerprint density at radius 3 is 3.04 bits per heavy atom. The van der Waals surface area contributed by atoms with Crippen molar-refractivity contribution in [3.63, 3.8) is 0 Å². The van der Waals surface area contributed by atoms with Crippen molar-refractivity contribution < 1.29 is 14.6 Å². The second-order valence-corrected chi connectivity index (χ2v) is 5.86. The van der Waals surface area contributed by atoms with Gasteiger partial charge in [0.2, 0.25) is 0 Å². The van der Waals surface area contributed by atoms with Gasteiger partial charge in [0.25, 0.3) is 0 Å². The molecule has 0 spiro atoms. The van der Waals surface area contributed by atoms with Crippen molar-refractivity contribution >= 4 is 17.2 Å². The minimum atomic E-state index is -0.560. The van der Waals surface area contributed by atoms with E-state index in [0.717, 1.165) is 35.9 Å². The fraction of sp³-hybridized carbons (Fsp3) is 0.500. The third-order valence-electron chi connectivity index (χ3n) is 3.85. The van der Waals surface area contributed by atoms with Gasteiger partial charge in [0.15, 0.2) is 6.29 Å². The number of H-pyrrole nitrogens is 1. The van der Waals surface area contributed by atoms with Crippen LogP contribution in [0.3, 0.4) is 0 Å². The monoisotopic (exact) mass is 317 g/mol. The molecule has 1 heterocycles. The lowest BCUT2D eigenvalue weighted by atomic mass is 10.1. The Bertz CT molecular complexity index is 597. The average molecular weight is 317 g/mol. The number of carbonyl (C=O) groups excluding carboxylic acids is 1. The number of aliphatic hydroxyl groups is 1. The van der Waals surface area contributed by atoms with Crippen molar-refractivity contribution in [1.29, 1.82) is 0 Å². The van der Waals surface area contributed by atoms with E-state index in [2.05, 4.69) is 17.2 Å². The fourth-order valence-corrected chi connectivity index (χ4v) is 2.51. The van der Waals surface area contributed by atoms with Crippen LogP contribution in [0.4, 0.5) is 0 Å². The van der Waals surface area contributed by atoms with Crippen LogP contribution in [0.1, 0.15) is 32.6 Å². The molecule has 5 nitrogen and oxygen atoms in total. The summed E-state index contributed by atoms with van der Waals surface area (Å²) >= 11 is 0. The van der Waals surface area contributed by atoms with Crippen molar-refractivity contribution in [2.75, 3.05) is 13.2 Å². The Balaban J connectivity index is 1.68. The quantitative estimate of drug-likeness (QED) is 0.557. The molecule has 0 aliphatic carbocycles. The number of benzene rings is 1. The number of rotatable bonds is 11. The minimum Gasteiger partial charge on any atom is -0.490 e. The zero-order valence-electron chi connectivity index (χ0n) is 13.5. The average Bonchev–Trinajstić information content (AvgIpc) is 3.04. The molecule has 1 aromatic heterocycles. The SMILES string of the molecule is CC(CCCC[C]=O)NCC(O)COc1cccc2[nH]ccc12. The number of aliphatic hydroxyl groups excluding tert-OH is 1. The van der Waals surface area contributed by atoms with Crippen LogP contribution in [0.2, 0.25) is 0 Å². The van der Waals surface area contributed by atoms with Gasteiger partial charge in [0.05, 0.1) is 0 Å². The molecule has 125 valence electrons. The summed E-state index contributed by atoms with van der Waals surface area (Å²) in [5.41, 5.74) is 1.02. The van der Waals surface area contributed by atoms with Gasteiger partial charge in [0.1, 0.15) is 18.5 Å². The zero-order chi connectivity index (χ0) is 16.5. The molecule has 1 aromatic carbocycles. The summed E-state index contributed by atoms with van der Waals surface area (Å²) in [5.74, 6) is 0.779. The second-order valence-electron chi connectivity index (χ2n) is 5.86. The first kappa shape index (κ1) is 17.5. The van der Waals surface area contributed by atoms with E-state index in [4.69, 9.17) is 4.74 Å². The highest BCUT2D eigenvalue weighted by Gasteiger charge is 2.09. The smallest absolute Gasteiger partial charge is 0.198 e. The molecule has 3 N–H and O–H groups in total. The summed E-state index contributed by atoms with van der Waals surface area (Å²) in [6, 6.07) is 8.10. The molecule has 1 radical (unpaired) electrons. The largest absolute Gasteiger partial charge is 0.490 e. The van der Waals surface area contributed by atoms with E-state index in [1.165, 1.54) is 0 Å². The molecule has 0 bridgehead atoms. The predicted molar refractivity (Wildman–Crippen MR) is 91.4 cm³/mol. The number of ether oxygens (including phenoxy) is 1. The van der Waals surface area contributed by atoms with E-state index in [0.29, 0.717) is 19.0 Å². The van der Waals surface area contributed by atoms with Gasteiger partial charge in [-0.15, -0.1) is 0 Å². The molecule has 0 aliphatic rings. The maximum Gasteiger partial charge on any atom is 0.198 e. The van der Waals surface area contributed by atoms with Gasteiger partial charge in [-0.3, -0.25) is 4.79 Å². The van der Waals surface area contributed by atoms with Crippen LogP contribution >= 0.6 is 0 Å². The molecule has 0 saturated heterocycles. The summed E-state index contributed by atoms with van der Waals surface area (Å²) in [5, 5.41) is 14.4. The van der Waals surface area contributed by atoms with Gasteiger partial charge >= 0.3 is 0 Å². The highest BCUT2D eigenvalue weighted by atomic mass is 16.5. The number of fused-ring (bicyclic) bond motifs is 1. The van der Waals surface area contributed by atoms with Crippen LogP contribution in [0.25, 0.3) is 10.9 Å². The van der Waals surface area contributed by atoms with Crippen molar-refractivity contribution in [3.05, 3.63) is 30.5 Å². The molecule has 23 heavy (non-hydrogen) atoms. The van der Waals surface area contributed by atoms with E-state index in [1.54, 1.807) is 0 Å². The highest BCUT2D eigenvalue weighted by molar-refractivity contribution is 5.85. The number of aromatic amines is 1. The molecule has 2 aromatic rings. The summed E-state index contributed by atoms with van der Waals surface area (Å²) in [6.45, 7) is 2.83. The second kappa shape index (κ2) is 9.33. The van der Waals surface area contributed by atoms with Crippen molar-refractivity contribution in [2.24, 2.45) is 0 Å². The van der Waals surface area contributed by atoms with Crippen LogP contribution in [-0.4, -0.2) is 41.7 Å². The van der Waals surface area contributed by atoms with Gasteiger partial charge < -0.3 is 20.1 Å². The van der Waals surface area contributed by atoms with Crippen LogP contribution in [-0.2, 0) is 4.79 Å². The zero-order valence-corrected chi connectivity index (χ0v) is 13.5. The Morgan fingerprint density at radius 1 is 1.35 bits per heavy atom. The first-order chi connectivity index (χ1) is 11.2. The number of aromatic nitrogens is 1. The van der Waals surface area contributed by atoms with Crippen LogP contribution < -0.4 is 10.1 Å². The van der Waals surface area contributed by atoms with E-state index < -0.39 is 6.10 Å². The maximum absolute atomic E-state index is 10.1. The van der Waals surface area contributed by atoms with E-state index in [9.17, 15) is 9.90 Å². The van der Waals surface area contributed by atoms with Crippen LogP contribution in [0.15, 0.2) is 30.5 Å². The lowest BCUT2D eigenvalue weighted by Gasteiger charge is -2.17. The lowest BCUT2D eigenvalue weighted by Crippen LogP contribution is -2.36. The van der Waals surface area contributed by atoms with Gasteiger partial charge in [-0.1, -0.05) is 12.5 Å². The predicted octanol–water partition coefficient (Wildman–Crippen LogP) is 2.56. The van der Waals surface area contributed by atoms with Crippen molar-refractivity contribution in [1.82, 2.24) is 10.3 Å². The normalized spacial score (nSPS) is 13.8. The first-order valence-corrected chi connectivity index (χ1v) is 8.16. The topological polar surface area (TPSA) is 74.3 Å².